The van der Waals surface area contributed by atoms with Crippen LogP contribution in [0.4, 0.5) is 11.4 Å². The summed E-state index contributed by atoms with van der Waals surface area (Å²) in [6.45, 7) is 6.98. The van der Waals surface area contributed by atoms with Gasteiger partial charge in [0.25, 0.3) is 0 Å². The SMILES string of the molecule is CC(C)(C)CNc1c(C#N)cnc2c(N[C@H](c3cn(C4(c5ccncc5)CC4)nn3)c3ccccc3Cl)cc(C#N)cc12. The van der Waals surface area contributed by atoms with Gasteiger partial charge < -0.3 is 10.6 Å². The quantitative estimate of drug-likeness (QED) is 0.202. The van der Waals surface area contributed by atoms with Crippen LogP contribution < -0.4 is 10.6 Å². The highest BCUT2D eigenvalue weighted by Gasteiger charge is 2.47. The van der Waals surface area contributed by atoms with Gasteiger partial charge in [-0.3, -0.25) is 9.97 Å². The van der Waals surface area contributed by atoms with E-state index in [2.05, 4.69) is 63.8 Å². The van der Waals surface area contributed by atoms with Crippen LogP contribution in [0.15, 0.2) is 73.3 Å². The molecule has 0 unspecified atom stereocenters. The fourth-order valence-corrected chi connectivity index (χ4v) is 5.58. The summed E-state index contributed by atoms with van der Waals surface area (Å²) in [7, 11) is 0. The van der Waals surface area contributed by atoms with Gasteiger partial charge in [-0.1, -0.05) is 55.8 Å². The molecule has 0 amide bonds. The lowest BCUT2D eigenvalue weighted by molar-refractivity contribution is 0.443. The van der Waals surface area contributed by atoms with Gasteiger partial charge in [-0.2, -0.15) is 10.5 Å². The van der Waals surface area contributed by atoms with Crippen LogP contribution in [0.3, 0.4) is 0 Å². The smallest absolute Gasteiger partial charge is 0.110 e. The van der Waals surface area contributed by atoms with Crippen molar-refractivity contribution in [3.63, 3.8) is 0 Å². The highest BCUT2D eigenvalue weighted by Crippen LogP contribution is 2.49. The molecule has 2 aromatic carbocycles. The Hall–Kier alpha value is -4.99. The molecule has 2 N–H and O–H groups in total. The maximum absolute atomic E-state index is 9.98. The highest BCUT2D eigenvalue weighted by atomic mass is 35.5. The van der Waals surface area contributed by atoms with Crippen LogP contribution in [0.5, 0.6) is 0 Å². The fraction of sp³-hybridized carbons (Fsp3) is 0.273. The molecule has 6 rings (SSSR count). The fourth-order valence-electron chi connectivity index (χ4n) is 5.33. The Kier molecular flexibility index (Phi) is 7.21. The zero-order valence-electron chi connectivity index (χ0n) is 24.1. The molecule has 10 heteroatoms. The molecule has 0 aliphatic heterocycles. The molecule has 0 radical (unpaired) electrons. The summed E-state index contributed by atoms with van der Waals surface area (Å²) in [6.07, 6.45) is 9.02. The van der Waals surface area contributed by atoms with E-state index in [1.807, 2.05) is 47.3 Å². The summed E-state index contributed by atoms with van der Waals surface area (Å²) < 4.78 is 1.93. The van der Waals surface area contributed by atoms with Gasteiger partial charge in [-0.25, -0.2) is 4.68 Å². The molecule has 1 aliphatic rings. The summed E-state index contributed by atoms with van der Waals surface area (Å²) in [5, 5.41) is 37.4. The Morgan fingerprint density at radius 1 is 1.07 bits per heavy atom. The van der Waals surface area contributed by atoms with E-state index in [1.54, 1.807) is 30.7 Å². The number of benzene rings is 2. The van der Waals surface area contributed by atoms with Crippen LogP contribution in [-0.2, 0) is 5.54 Å². The van der Waals surface area contributed by atoms with Gasteiger partial charge in [0.15, 0.2) is 0 Å². The van der Waals surface area contributed by atoms with E-state index in [-0.39, 0.29) is 11.0 Å². The third kappa shape index (κ3) is 5.48. The van der Waals surface area contributed by atoms with Crippen molar-refractivity contribution in [2.24, 2.45) is 5.41 Å². The van der Waals surface area contributed by atoms with Crippen molar-refractivity contribution >= 4 is 33.9 Å². The lowest BCUT2D eigenvalue weighted by Gasteiger charge is -2.23. The molecule has 214 valence electrons. The van der Waals surface area contributed by atoms with Crippen molar-refractivity contribution in [1.29, 1.82) is 10.5 Å². The Morgan fingerprint density at radius 2 is 1.84 bits per heavy atom. The normalized spacial score (nSPS) is 14.5. The standard InChI is InChI=1S/C33H30ClN9/c1-32(2,3)20-39-29-22(17-36)18-38-30-25(29)14-21(16-35)15-27(30)40-31(24-6-4-5-7-26(24)34)28-19-43(42-41-28)33(10-11-33)23-8-12-37-13-9-23/h4-9,12-15,18-19,31,40H,10-11,20H2,1-3H3,(H,38,39)/t31-/m0/s1. The number of halogens is 1. The number of aromatic nitrogens is 5. The van der Waals surface area contributed by atoms with Crippen LogP contribution in [0.2, 0.25) is 5.02 Å². The minimum atomic E-state index is -0.503. The van der Waals surface area contributed by atoms with E-state index < -0.39 is 6.04 Å². The molecule has 5 aromatic rings. The van der Waals surface area contributed by atoms with E-state index in [4.69, 9.17) is 11.6 Å². The van der Waals surface area contributed by atoms with Crippen molar-refractivity contribution in [3.05, 3.63) is 106 Å². The van der Waals surface area contributed by atoms with Gasteiger partial charge in [0, 0.05) is 35.5 Å². The highest BCUT2D eigenvalue weighted by molar-refractivity contribution is 6.31. The monoisotopic (exact) mass is 587 g/mol. The van der Waals surface area contributed by atoms with Gasteiger partial charge in [0.05, 0.1) is 51.9 Å². The second-order valence-electron chi connectivity index (χ2n) is 12.1. The molecule has 9 nitrogen and oxygen atoms in total. The Bertz CT molecular complexity index is 1890. The van der Waals surface area contributed by atoms with Crippen molar-refractivity contribution in [3.8, 4) is 12.1 Å². The van der Waals surface area contributed by atoms with Gasteiger partial charge in [-0.05, 0) is 59.7 Å². The number of hydrogen-bond acceptors (Lipinski definition) is 8. The number of rotatable bonds is 8. The predicted octanol–water partition coefficient (Wildman–Crippen LogP) is 6.81. The molecule has 0 saturated heterocycles. The van der Waals surface area contributed by atoms with Crippen LogP contribution >= 0.6 is 11.6 Å². The largest absolute Gasteiger partial charge is 0.383 e. The number of fused-ring (bicyclic) bond motifs is 1. The van der Waals surface area contributed by atoms with Crippen LogP contribution in [0.1, 0.15) is 67.6 Å². The molecule has 1 fully saturated rings. The maximum Gasteiger partial charge on any atom is 0.110 e. The average Bonchev–Trinajstić information content (AvgIpc) is 3.68. The van der Waals surface area contributed by atoms with Crippen LogP contribution in [0, 0.1) is 28.1 Å². The van der Waals surface area contributed by atoms with Gasteiger partial charge in [0.2, 0.25) is 0 Å². The van der Waals surface area contributed by atoms with Crippen LogP contribution in [0.25, 0.3) is 10.9 Å². The minimum absolute atomic E-state index is 0.0353. The van der Waals surface area contributed by atoms with Crippen molar-refractivity contribution in [2.75, 3.05) is 17.2 Å². The molecule has 3 heterocycles. The first-order valence-electron chi connectivity index (χ1n) is 14.1. The van der Waals surface area contributed by atoms with Crippen molar-refractivity contribution in [1.82, 2.24) is 25.0 Å². The molecule has 1 aliphatic carbocycles. The first kappa shape index (κ1) is 28.1. The predicted molar refractivity (Wildman–Crippen MR) is 167 cm³/mol. The average molecular weight is 588 g/mol. The van der Waals surface area contributed by atoms with E-state index in [9.17, 15) is 10.5 Å². The molecule has 0 bridgehead atoms. The summed E-state index contributed by atoms with van der Waals surface area (Å²) >= 11 is 6.75. The molecule has 3 aromatic heterocycles. The van der Waals surface area contributed by atoms with E-state index in [0.717, 1.165) is 24.0 Å². The Labute approximate surface area is 255 Å². The van der Waals surface area contributed by atoms with Gasteiger partial charge in [0.1, 0.15) is 11.8 Å². The minimum Gasteiger partial charge on any atom is -0.383 e. The zero-order valence-corrected chi connectivity index (χ0v) is 24.9. The molecular formula is C33H30ClN9. The Morgan fingerprint density at radius 3 is 2.51 bits per heavy atom. The van der Waals surface area contributed by atoms with Crippen molar-refractivity contribution in [2.45, 2.75) is 45.2 Å². The van der Waals surface area contributed by atoms with Gasteiger partial charge >= 0.3 is 0 Å². The summed E-state index contributed by atoms with van der Waals surface area (Å²) in [5.74, 6) is 0. The number of pyridine rings is 2. The summed E-state index contributed by atoms with van der Waals surface area (Å²) in [4.78, 5) is 8.84. The number of nitrogens with one attached hydrogen (secondary N) is 2. The zero-order chi connectivity index (χ0) is 30.2. The first-order chi connectivity index (χ1) is 20.7. The molecular weight excluding hydrogens is 558 g/mol. The third-order valence-electron chi connectivity index (χ3n) is 7.72. The number of nitriles is 2. The van der Waals surface area contributed by atoms with Gasteiger partial charge in [-0.15, -0.1) is 5.10 Å². The topological polar surface area (TPSA) is 128 Å². The third-order valence-corrected chi connectivity index (χ3v) is 8.06. The second kappa shape index (κ2) is 11.0. The number of anilines is 2. The van der Waals surface area contributed by atoms with E-state index >= 15 is 0 Å². The lowest BCUT2D eigenvalue weighted by Crippen LogP contribution is -2.20. The molecule has 0 spiro atoms. The second-order valence-corrected chi connectivity index (χ2v) is 12.5. The summed E-state index contributed by atoms with van der Waals surface area (Å²) in [5.41, 5.74) is 5.06. The number of nitrogens with zero attached hydrogens (tertiary/aromatic N) is 7. The molecule has 1 saturated carbocycles. The Balaban J connectivity index is 1.47. The van der Waals surface area contributed by atoms with Crippen molar-refractivity contribution < 1.29 is 0 Å². The maximum atomic E-state index is 9.98. The van der Waals surface area contributed by atoms with Crippen LogP contribution in [-0.4, -0.2) is 31.5 Å². The number of hydrogen-bond donors (Lipinski definition) is 2. The molecule has 43 heavy (non-hydrogen) atoms. The lowest BCUT2D eigenvalue weighted by atomic mass is 9.96. The molecule has 1 atom stereocenters. The summed E-state index contributed by atoms with van der Waals surface area (Å²) in [6, 6.07) is 19.2. The van der Waals surface area contributed by atoms with E-state index in [0.29, 0.717) is 50.7 Å². The first-order valence-corrected chi connectivity index (χ1v) is 14.5. The van der Waals surface area contributed by atoms with E-state index in [1.165, 1.54) is 0 Å².